The van der Waals surface area contributed by atoms with Crippen LogP contribution in [0.2, 0.25) is 0 Å². The molecular formula is C15H20ClN3. The van der Waals surface area contributed by atoms with Gasteiger partial charge in [0.15, 0.2) is 0 Å². The molecule has 1 atom stereocenters. The molecule has 3 nitrogen and oxygen atoms in total. The van der Waals surface area contributed by atoms with Gasteiger partial charge in [-0.3, -0.25) is 0 Å². The summed E-state index contributed by atoms with van der Waals surface area (Å²) >= 11 is 6.05. The first-order chi connectivity index (χ1) is 9.31. The molecule has 1 aromatic heterocycles. The number of imidazole rings is 1. The normalized spacial score (nSPS) is 20.4. The van der Waals surface area contributed by atoms with Crippen LogP contribution in [0, 0.1) is 5.92 Å². The van der Waals surface area contributed by atoms with E-state index >= 15 is 0 Å². The predicted molar refractivity (Wildman–Crippen MR) is 79.5 cm³/mol. The van der Waals surface area contributed by atoms with Gasteiger partial charge in [0, 0.05) is 13.1 Å². The van der Waals surface area contributed by atoms with Crippen molar-refractivity contribution in [3.8, 4) is 0 Å². The summed E-state index contributed by atoms with van der Waals surface area (Å²) in [6.07, 6.45) is 1.28. The van der Waals surface area contributed by atoms with Crippen LogP contribution in [0.3, 0.4) is 0 Å². The molecule has 0 N–H and O–H groups in total. The molecule has 3 rings (SSSR count). The molecule has 1 aliphatic heterocycles. The summed E-state index contributed by atoms with van der Waals surface area (Å²) in [4.78, 5) is 7.15. The number of rotatable bonds is 4. The molecule has 0 bridgehead atoms. The van der Waals surface area contributed by atoms with Gasteiger partial charge < -0.3 is 9.47 Å². The van der Waals surface area contributed by atoms with Crippen LogP contribution in [-0.4, -0.2) is 34.1 Å². The molecule has 0 saturated carbocycles. The smallest absolute Gasteiger partial charge is 0.124 e. The molecule has 1 saturated heterocycles. The highest BCUT2D eigenvalue weighted by Crippen LogP contribution is 2.23. The van der Waals surface area contributed by atoms with Gasteiger partial charge in [-0.1, -0.05) is 19.1 Å². The van der Waals surface area contributed by atoms with Crippen molar-refractivity contribution in [3.63, 3.8) is 0 Å². The number of halogens is 1. The van der Waals surface area contributed by atoms with Gasteiger partial charge in [-0.2, -0.15) is 0 Å². The van der Waals surface area contributed by atoms with Gasteiger partial charge in [-0.25, -0.2) is 4.98 Å². The SMILES string of the molecule is CCN1CCC(Cn2c(CCl)nc3ccccc32)C1. The van der Waals surface area contributed by atoms with Gasteiger partial charge in [-0.15, -0.1) is 11.6 Å². The zero-order valence-electron chi connectivity index (χ0n) is 11.3. The average Bonchev–Trinajstić information content (AvgIpc) is 3.04. The van der Waals surface area contributed by atoms with Crippen LogP contribution in [0.15, 0.2) is 24.3 Å². The zero-order chi connectivity index (χ0) is 13.2. The van der Waals surface area contributed by atoms with E-state index in [2.05, 4.69) is 39.6 Å². The third-order valence-corrected chi connectivity index (χ3v) is 4.35. The molecule has 2 heterocycles. The maximum absolute atomic E-state index is 6.05. The van der Waals surface area contributed by atoms with Crippen molar-refractivity contribution in [3.05, 3.63) is 30.1 Å². The van der Waals surface area contributed by atoms with Crippen molar-refractivity contribution in [1.29, 1.82) is 0 Å². The molecule has 0 amide bonds. The summed E-state index contributed by atoms with van der Waals surface area (Å²) in [5.74, 6) is 2.20. The van der Waals surface area contributed by atoms with Gasteiger partial charge in [0.05, 0.1) is 16.9 Å². The highest BCUT2D eigenvalue weighted by molar-refractivity contribution is 6.16. The summed E-state index contributed by atoms with van der Waals surface area (Å²) in [5.41, 5.74) is 2.27. The van der Waals surface area contributed by atoms with Gasteiger partial charge in [-0.05, 0) is 37.6 Å². The number of benzene rings is 1. The van der Waals surface area contributed by atoms with E-state index < -0.39 is 0 Å². The van der Waals surface area contributed by atoms with Gasteiger partial charge in [0.1, 0.15) is 5.82 Å². The first-order valence-corrected chi connectivity index (χ1v) is 7.57. The molecular weight excluding hydrogens is 258 g/mol. The Kier molecular flexibility index (Phi) is 3.76. The number of hydrogen-bond donors (Lipinski definition) is 0. The standard InChI is InChI=1S/C15H20ClN3/c1-2-18-8-7-12(10-18)11-19-14-6-4-3-5-13(14)17-15(19)9-16/h3-6,12H,2,7-11H2,1H3. The van der Waals surface area contributed by atoms with Gasteiger partial charge >= 0.3 is 0 Å². The lowest BCUT2D eigenvalue weighted by atomic mass is 10.1. The third-order valence-electron chi connectivity index (χ3n) is 4.11. The summed E-state index contributed by atoms with van der Waals surface area (Å²) in [6, 6.07) is 8.32. The van der Waals surface area contributed by atoms with Crippen LogP contribution >= 0.6 is 11.6 Å². The number of para-hydroxylation sites is 2. The molecule has 1 aromatic carbocycles. The fourth-order valence-electron chi connectivity index (χ4n) is 3.04. The summed E-state index contributed by atoms with van der Waals surface area (Å²) in [5, 5.41) is 0. The summed E-state index contributed by atoms with van der Waals surface area (Å²) in [6.45, 7) is 6.86. The number of likely N-dealkylation sites (tertiary alicyclic amines) is 1. The lowest BCUT2D eigenvalue weighted by Gasteiger charge is -2.15. The fraction of sp³-hybridized carbons (Fsp3) is 0.533. The van der Waals surface area contributed by atoms with E-state index in [-0.39, 0.29) is 0 Å². The Labute approximate surface area is 119 Å². The summed E-state index contributed by atoms with van der Waals surface area (Å²) in [7, 11) is 0. The van der Waals surface area contributed by atoms with Crippen LogP contribution in [0.4, 0.5) is 0 Å². The molecule has 0 radical (unpaired) electrons. The Morgan fingerprint density at radius 1 is 1.37 bits per heavy atom. The number of aromatic nitrogens is 2. The van der Waals surface area contributed by atoms with Crippen molar-refractivity contribution in [2.24, 2.45) is 5.92 Å². The maximum Gasteiger partial charge on any atom is 0.124 e. The lowest BCUT2D eigenvalue weighted by Crippen LogP contribution is -2.21. The fourth-order valence-corrected chi connectivity index (χ4v) is 3.24. The Morgan fingerprint density at radius 3 is 2.95 bits per heavy atom. The Balaban J connectivity index is 1.87. The van der Waals surface area contributed by atoms with E-state index in [4.69, 9.17) is 11.6 Å². The molecule has 0 spiro atoms. The van der Waals surface area contributed by atoms with Crippen molar-refractivity contribution in [2.75, 3.05) is 19.6 Å². The second-order valence-electron chi connectivity index (χ2n) is 5.31. The molecule has 1 aliphatic rings. The van der Waals surface area contributed by atoms with Crippen molar-refractivity contribution >= 4 is 22.6 Å². The third kappa shape index (κ3) is 2.49. The maximum atomic E-state index is 6.05. The number of fused-ring (bicyclic) bond motifs is 1. The van der Waals surface area contributed by atoms with Gasteiger partial charge in [0.2, 0.25) is 0 Å². The molecule has 0 aliphatic carbocycles. The van der Waals surface area contributed by atoms with Crippen LogP contribution in [-0.2, 0) is 12.4 Å². The minimum atomic E-state index is 0.485. The number of nitrogens with zero attached hydrogens (tertiary/aromatic N) is 3. The van der Waals surface area contributed by atoms with Crippen molar-refractivity contribution in [1.82, 2.24) is 14.5 Å². The second kappa shape index (κ2) is 5.51. The number of hydrogen-bond acceptors (Lipinski definition) is 2. The van der Waals surface area contributed by atoms with E-state index in [0.717, 1.165) is 30.3 Å². The van der Waals surface area contributed by atoms with Crippen LogP contribution in [0.5, 0.6) is 0 Å². The van der Waals surface area contributed by atoms with Crippen molar-refractivity contribution < 1.29 is 0 Å². The topological polar surface area (TPSA) is 21.1 Å². The Bertz CT molecular complexity index is 564. The molecule has 19 heavy (non-hydrogen) atoms. The van der Waals surface area contributed by atoms with Gasteiger partial charge in [0.25, 0.3) is 0 Å². The minimum absolute atomic E-state index is 0.485. The van der Waals surface area contributed by atoms with Crippen LogP contribution in [0.25, 0.3) is 11.0 Å². The first kappa shape index (κ1) is 12.9. The highest BCUT2D eigenvalue weighted by atomic mass is 35.5. The van der Waals surface area contributed by atoms with E-state index in [1.807, 2.05) is 6.07 Å². The largest absolute Gasteiger partial charge is 0.327 e. The minimum Gasteiger partial charge on any atom is -0.327 e. The molecule has 4 heteroatoms. The Hall–Kier alpha value is -1.06. The second-order valence-corrected chi connectivity index (χ2v) is 5.58. The molecule has 1 fully saturated rings. The van der Waals surface area contributed by atoms with E-state index in [0.29, 0.717) is 5.88 Å². The van der Waals surface area contributed by atoms with Crippen LogP contribution < -0.4 is 0 Å². The predicted octanol–water partition coefficient (Wildman–Crippen LogP) is 3.12. The Morgan fingerprint density at radius 2 is 2.21 bits per heavy atom. The number of alkyl halides is 1. The van der Waals surface area contributed by atoms with Crippen molar-refractivity contribution in [2.45, 2.75) is 25.8 Å². The highest BCUT2D eigenvalue weighted by Gasteiger charge is 2.23. The zero-order valence-corrected chi connectivity index (χ0v) is 12.1. The van der Waals surface area contributed by atoms with E-state index in [1.54, 1.807) is 0 Å². The van der Waals surface area contributed by atoms with Crippen LogP contribution in [0.1, 0.15) is 19.2 Å². The van der Waals surface area contributed by atoms with E-state index in [1.165, 1.54) is 25.0 Å². The molecule has 1 unspecified atom stereocenters. The molecule has 2 aromatic rings. The molecule has 102 valence electrons. The summed E-state index contributed by atoms with van der Waals surface area (Å²) < 4.78 is 2.31. The quantitative estimate of drug-likeness (QED) is 0.801. The first-order valence-electron chi connectivity index (χ1n) is 7.04. The average molecular weight is 278 g/mol. The monoisotopic (exact) mass is 277 g/mol. The lowest BCUT2D eigenvalue weighted by molar-refractivity contribution is 0.333. The van der Waals surface area contributed by atoms with E-state index in [9.17, 15) is 0 Å².